The molecular weight excluding hydrogens is 292 g/mol. The monoisotopic (exact) mass is 304 g/mol. The van der Waals surface area contributed by atoms with Crippen LogP contribution in [0.1, 0.15) is 0 Å². The molecule has 0 aliphatic carbocycles. The highest BCUT2D eigenvalue weighted by molar-refractivity contribution is 7.85. The van der Waals surface area contributed by atoms with Gasteiger partial charge in [0.2, 0.25) is 0 Å². The Morgan fingerprint density at radius 3 is 1.52 bits per heavy atom. The molecule has 0 bridgehead atoms. The second-order valence-electron chi connectivity index (χ2n) is 3.99. The van der Waals surface area contributed by atoms with Crippen LogP contribution in [-0.2, 0) is 10.1 Å². The third-order valence-electron chi connectivity index (χ3n) is 2.48. The van der Waals surface area contributed by atoms with Crippen molar-refractivity contribution in [3.8, 4) is 0 Å². The second kappa shape index (κ2) is 6.33. The number of rotatable bonds is 4. The molecule has 2 rings (SSSR count). The van der Waals surface area contributed by atoms with Crippen molar-refractivity contribution in [3.63, 3.8) is 0 Å². The lowest BCUT2D eigenvalue weighted by Gasteiger charge is -1.97. The molecule has 1 N–H and O–H groups in total. The summed E-state index contributed by atoms with van der Waals surface area (Å²) < 4.78 is 30.6. The van der Waals surface area contributed by atoms with Gasteiger partial charge in [-0.2, -0.15) is 28.9 Å². The van der Waals surface area contributed by atoms with Gasteiger partial charge in [0, 0.05) is 7.05 Å². The van der Waals surface area contributed by atoms with Crippen molar-refractivity contribution in [1.82, 2.24) is 0 Å². The predicted octanol–water partition coefficient (Wildman–Crippen LogP) is 4.06. The maximum absolute atomic E-state index is 10.9. The molecule has 0 saturated heterocycles. The topological polar surface area (TPSA) is 104 Å². The zero-order chi connectivity index (χ0) is 15.3. The van der Waals surface area contributed by atoms with Crippen molar-refractivity contribution >= 4 is 27.2 Å². The molecule has 0 amide bonds. The average Bonchev–Trinajstić information content (AvgIpc) is 2.46. The summed E-state index contributed by atoms with van der Waals surface area (Å²) in [6.45, 7) is 0. The molecule has 0 spiro atoms. The number of hydrogen-bond acceptors (Lipinski definition) is 6. The first-order chi connectivity index (χ1) is 9.99. The highest BCUT2D eigenvalue weighted by Gasteiger charge is 2.07. The van der Waals surface area contributed by atoms with Gasteiger partial charge in [-0.15, -0.1) is 0 Å². The summed E-state index contributed by atoms with van der Waals surface area (Å²) in [6.07, 6.45) is 0. The molecule has 0 aliphatic heterocycles. The van der Waals surface area contributed by atoms with Crippen molar-refractivity contribution in [2.24, 2.45) is 20.5 Å². The van der Waals surface area contributed by atoms with E-state index in [0.717, 1.165) is 0 Å². The first kappa shape index (κ1) is 14.9. The Morgan fingerprint density at radius 1 is 0.762 bits per heavy atom. The van der Waals surface area contributed by atoms with Crippen molar-refractivity contribution in [2.45, 2.75) is 4.90 Å². The quantitative estimate of drug-likeness (QED) is 0.680. The first-order valence-corrected chi connectivity index (χ1v) is 7.32. The van der Waals surface area contributed by atoms with Crippen LogP contribution in [0.15, 0.2) is 73.9 Å². The Balaban J connectivity index is 2.14. The summed E-state index contributed by atoms with van der Waals surface area (Å²) in [4.78, 5) is -0.185. The van der Waals surface area contributed by atoms with Crippen LogP contribution in [-0.4, -0.2) is 20.0 Å². The van der Waals surface area contributed by atoms with Gasteiger partial charge in [0.05, 0.1) is 22.0 Å². The summed E-state index contributed by atoms with van der Waals surface area (Å²) >= 11 is 0. The van der Waals surface area contributed by atoms with E-state index in [-0.39, 0.29) is 4.90 Å². The van der Waals surface area contributed by atoms with Crippen LogP contribution in [0, 0.1) is 0 Å². The van der Waals surface area contributed by atoms with E-state index >= 15 is 0 Å². The van der Waals surface area contributed by atoms with Crippen molar-refractivity contribution in [1.29, 1.82) is 0 Å². The molecule has 108 valence electrons. The molecule has 0 heterocycles. The Kier molecular flexibility index (Phi) is 4.51. The van der Waals surface area contributed by atoms with Crippen LogP contribution in [0.5, 0.6) is 0 Å². The molecule has 0 aliphatic rings. The highest BCUT2D eigenvalue weighted by Crippen LogP contribution is 2.22. The molecule has 0 fully saturated rings. The van der Waals surface area contributed by atoms with E-state index in [9.17, 15) is 8.42 Å². The highest BCUT2D eigenvalue weighted by atomic mass is 32.2. The summed E-state index contributed by atoms with van der Waals surface area (Å²) in [6, 6.07) is 12.4. The van der Waals surface area contributed by atoms with E-state index < -0.39 is 10.1 Å². The minimum absolute atomic E-state index is 0.185. The molecule has 0 aromatic heterocycles. The Bertz CT molecular complexity index is 766. The van der Waals surface area contributed by atoms with Crippen LogP contribution in [0.3, 0.4) is 0 Å². The van der Waals surface area contributed by atoms with Gasteiger partial charge in [0.15, 0.2) is 0 Å². The fourth-order valence-electron chi connectivity index (χ4n) is 1.50. The molecule has 0 radical (unpaired) electrons. The van der Waals surface area contributed by atoms with Crippen molar-refractivity contribution in [3.05, 3.63) is 48.5 Å². The van der Waals surface area contributed by atoms with E-state index in [0.29, 0.717) is 17.1 Å². The van der Waals surface area contributed by atoms with Gasteiger partial charge in [0.25, 0.3) is 10.1 Å². The molecule has 0 saturated carbocycles. The molecule has 21 heavy (non-hydrogen) atoms. The van der Waals surface area contributed by atoms with Gasteiger partial charge in [-0.1, -0.05) is 0 Å². The van der Waals surface area contributed by atoms with E-state index in [1.807, 2.05) is 0 Å². The van der Waals surface area contributed by atoms with Crippen LogP contribution in [0.4, 0.5) is 17.1 Å². The number of hydrogen-bond donors (Lipinski definition) is 1. The average molecular weight is 304 g/mol. The van der Waals surface area contributed by atoms with Gasteiger partial charge in [-0.05, 0) is 48.5 Å². The lowest BCUT2D eigenvalue weighted by atomic mass is 10.3. The van der Waals surface area contributed by atoms with E-state index in [1.165, 1.54) is 24.3 Å². The van der Waals surface area contributed by atoms with Crippen molar-refractivity contribution < 1.29 is 13.0 Å². The van der Waals surface area contributed by atoms with Gasteiger partial charge in [-0.3, -0.25) is 4.55 Å². The number of benzene rings is 2. The fraction of sp³-hybridized carbons (Fsp3) is 0.0769. The molecule has 0 unspecified atom stereocenters. The van der Waals surface area contributed by atoms with Crippen LogP contribution < -0.4 is 0 Å². The van der Waals surface area contributed by atoms with E-state index in [4.69, 9.17) is 4.55 Å². The summed E-state index contributed by atoms with van der Waals surface area (Å²) in [7, 11) is -2.60. The van der Waals surface area contributed by atoms with Gasteiger partial charge in [0.1, 0.15) is 0 Å². The second-order valence-corrected chi connectivity index (χ2v) is 5.41. The van der Waals surface area contributed by atoms with Gasteiger partial charge < -0.3 is 0 Å². The zero-order valence-corrected chi connectivity index (χ0v) is 11.9. The summed E-state index contributed by atoms with van der Waals surface area (Å²) in [5.74, 6) is 0. The van der Waals surface area contributed by atoms with Crippen LogP contribution >= 0.6 is 0 Å². The number of nitrogens with zero attached hydrogens (tertiary/aromatic N) is 4. The largest absolute Gasteiger partial charge is 0.294 e. The van der Waals surface area contributed by atoms with Crippen LogP contribution in [0.2, 0.25) is 0 Å². The predicted molar refractivity (Wildman–Crippen MR) is 77.3 cm³/mol. The lowest BCUT2D eigenvalue weighted by Crippen LogP contribution is -1.96. The zero-order valence-electron chi connectivity index (χ0n) is 11.1. The number of azo groups is 2. The lowest BCUT2D eigenvalue weighted by molar-refractivity contribution is 0.483. The standard InChI is InChI=1S/C13H12N4O3S/c1-14-15-10-2-4-11(5-3-10)16-17-12-6-8-13(9-7-12)21(18,19)20/h2-9H,1H3,(H,18,19,20)/b15-14+,17-16+. The molecule has 7 nitrogen and oxygen atoms in total. The molecule has 2 aromatic carbocycles. The molecular formula is C13H12N4O3S. The Labute approximate surface area is 121 Å². The summed E-state index contributed by atoms with van der Waals surface area (Å²) in [5.41, 5.74) is 1.82. The van der Waals surface area contributed by atoms with Gasteiger partial charge in [-0.25, -0.2) is 0 Å². The minimum Gasteiger partial charge on any atom is -0.282 e. The smallest absolute Gasteiger partial charge is 0.282 e. The van der Waals surface area contributed by atoms with E-state index in [1.54, 1.807) is 31.3 Å². The molecule has 8 heteroatoms. The Hall–Kier alpha value is -2.45. The first-order valence-electron chi connectivity index (χ1n) is 5.88. The molecule has 2 aromatic rings. The maximum atomic E-state index is 10.9. The normalized spacial score (nSPS) is 12.3. The third kappa shape index (κ3) is 4.26. The minimum atomic E-state index is -4.19. The van der Waals surface area contributed by atoms with Gasteiger partial charge >= 0.3 is 0 Å². The van der Waals surface area contributed by atoms with Crippen LogP contribution in [0.25, 0.3) is 0 Å². The SMILES string of the molecule is C/N=N/c1ccc(/N=N/c2ccc(S(=O)(=O)O)cc2)cc1. The van der Waals surface area contributed by atoms with Crippen molar-refractivity contribution in [2.75, 3.05) is 7.05 Å². The summed E-state index contributed by atoms with van der Waals surface area (Å²) in [5, 5.41) is 15.5. The maximum Gasteiger partial charge on any atom is 0.294 e. The van der Waals surface area contributed by atoms with E-state index in [2.05, 4.69) is 20.5 Å². The fourth-order valence-corrected chi connectivity index (χ4v) is 1.98. The third-order valence-corrected chi connectivity index (χ3v) is 3.35. The molecule has 0 atom stereocenters. The Morgan fingerprint density at radius 2 is 1.14 bits per heavy atom.